The number of hydrogen-bond acceptors (Lipinski definition) is 5. The van der Waals surface area contributed by atoms with Crippen molar-refractivity contribution in [3.8, 4) is 0 Å². The van der Waals surface area contributed by atoms with Crippen molar-refractivity contribution in [3.05, 3.63) is 23.0 Å². The van der Waals surface area contributed by atoms with Gasteiger partial charge in [0.25, 0.3) is 0 Å². The number of carbonyl (C=O) groups is 2. The van der Waals surface area contributed by atoms with Crippen LogP contribution in [0.1, 0.15) is 25.5 Å². The van der Waals surface area contributed by atoms with Gasteiger partial charge in [-0.3, -0.25) is 9.59 Å². The smallest absolute Gasteiger partial charge is 0.222 e. The minimum Gasteiger partial charge on any atom is -0.369 e. The molecule has 2 fully saturated rings. The number of nitrogens with two attached hydrogens (primary N) is 1. The normalized spacial score (nSPS) is 32.2. The summed E-state index contributed by atoms with van der Waals surface area (Å²) in [6, 6.07) is 0. The van der Waals surface area contributed by atoms with Crippen LogP contribution in [0.25, 0.3) is 0 Å². The predicted octanol–water partition coefficient (Wildman–Crippen LogP) is 2.22. The number of nitrogens with zero attached hydrogens (tertiary/aromatic N) is 2. The third kappa shape index (κ3) is 3.21. The maximum atomic E-state index is 13.9. The summed E-state index contributed by atoms with van der Waals surface area (Å²) in [6.07, 6.45) is 3.07. The number of amides is 1. The van der Waals surface area contributed by atoms with Crippen LogP contribution in [0.5, 0.6) is 0 Å². The molecule has 0 radical (unpaired) electrons. The molecule has 2 aliphatic rings. The molecular formula is C15H17ClFN3O2S. The fraction of sp³-hybridized carbons (Fsp3) is 0.600. The molecule has 2 bridgehead atoms. The summed E-state index contributed by atoms with van der Waals surface area (Å²) in [5.41, 5.74) is 5.83. The van der Waals surface area contributed by atoms with E-state index in [1.807, 2.05) is 0 Å². The van der Waals surface area contributed by atoms with Gasteiger partial charge in [-0.05, 0) is 48.6 Å². The SMILES string of the molecule is CC(=O)S[C@H]1C[C@@H]2C[C@@H]1[C@H](C(N)=O)[C@@H]2Cc1nc(Cl)ncc1F. The molecule has 124 valence electrons. The molecule has 1 aromatic rings. The van der Waals surface area contributed by atoms with E-state index >= 15 is 0 Å². The monoisotopic (exact) mass is 357 g/mol. The molecule has 8 heteroatoms. The molecule has 3 rings (SSSR count). The van der Waals surface area contributed by atoms with Gasteiger partial charge in [0.05, 0.1) is 11.9 Å². The molecule has 0 saturated heterocycles. The van der Waals surface area contributed by atoms with Gasteiger partial charge in [-0.1, -0.05) is 11.8 Å². The Hall–Kier alpha value is -1.21. The average molecular weight is 358 g/mol. The van der Waals surface area contributed by atoms with Crippen molar-refractivity contribution in [1.82, 2.24) is 9.97 Å². The Kier molecular flexibility index (Phi) is 4.60. The Morgan fingerprint density at radius 2 is 2.22 bits per heavy atom. The molecule has 0 aromatic carbocycles. The highest BCUT2D eigenvalue weighted by Crippen LogP contribution is 2.56. The summed E-state index contributed by atoms with van der Waals surface area (Å²) >= 11 is 7.03. The predicted molar refractivity (Wildman–Crippen MR) is 85.2 cm³/mol. The Morgan fingerprint density at radius 1 is 1.48 bits per heavy atom. The Balaban J connectivity index is 1.82. The van der Waals surface area contributed by atoms with Gasteiger partial charge in [-0.25, -0.2) is 14.4 Å². The quantitative estimate of drug-likeness (QED) is 0.835. The van der Waals surface area contributed by atoms with Crippen molar-refractivity contribution in [2.45, 2.75) is 31.4 Å². The van der Waals surface area contributed by atoms with Gasteiger partial charge in [0.2, 0.25) is 11.2 Å². The summed E-state index contributed by atoms with van der Waals surface area (Å²) in [6.45, 7) is 1.53. The molecule has 5 nitrogen and oxygen atoms in total. The maximum Gasteiger partial charge on any atom is 0.222 e. The molecule has 0 aliphatic heterocycles. The first kappa shape index (κ1) is 16.6. The average Bonchev–Trinajstić information content (AvgIpc) is 2.99. The van der Waals surface area contributed by atoms with Gasteiger partial charge in [0.15, 0.2) is 10.9 Å². The first-order valence-corrected chi connectivity index (χ1v) is 8.76. The van der Waals surface area contributed by atoms with Crippen LogP contribution in [0.3, 0.4) is 0 Å². The minimum absolute atomic E-state index is 0.00908. The number of primary amides is 1. The van der Waals surface area contributed by atoms with Crippen LogP contribution in [0.4, 0.5) is 4.39 Å². The van der Waals surface area contributed by atoms with Gasteiger partial charge in [-0.2, -0.15) is 0 Å². The Bertz CT molecular complexity index is 658. The van der Waals surface area contributed by atoms with E-state index in [0.717, 1.165) is 19.0 Å². The fourth-order valence-electron chi connectivity index (χ4n) is 4.22. The van der Waals surface area contributed by atoms with E-state index in [2.05, 4.69) is 9.97 Å². The lowest BCUT2D eigenvalue weighted by molar-refractivity contribution is -0.125. The molecule has 1 heterocycles. The molecule has 2 saturated carbocycles. The lowest BCUT2D eigenvalue weighted by atomic mass is 9.76. The minimum atomic E-state index is -0.518. The van der Waals surface area contributed by atoms with Gasteiger partial charge in [0.1, 0.15) is 0 Å². The number of hydrogen-bond donors (Lipinski definition) is 1. The van der Waals surface area contributed by atoms with E-state index in [1.165, 1.54) is 18.7 Å². The van der Waals surface area contributed by atoms with Crippen LogP contribution >= 0.6 is 23.4 Å². The Labute approximate surface area is 142 Å². The largest absolute Gasteiger partial charge is 0.369 e. The van der Waals surface area contributed by atoms with Crippen LogP contribution < -0.4 is 5.73 Å². The summed E-state index contributed by atoms with van der Waals surface area (Å²) < 4.78 is 13.9. The summed E-state index contributed by atoms with van der Waals surface area (Å²) in [5.74, 6) is -0.966. The zero-order valence-corrected chi connectivity index (χ0v) is 14.1. The van der Waals surface area contributed by atoms with E-state index < -0.39 is 5.82 Å². The van der Waals surface area contributed by atoms with Crippen LogP contribution in [0.2, 0.25) is 5.28 Å². The van der Waals surface area contributed by atoms with E-state index in [4.69, 9.17) is 17.3 Å². The van der Waals surface area contributed by atoms with Crippen molar-refractivity contribution in [2.75, 3.05) is 0 Å². The van der Waals surface area contributed by atoms with Crippen molar-refractivity contribution in [2.24, 2.45) is 29.4 Å². The number of carbonyl (C=O) groups excluding carboxylic acids is 2. The highest BCUT2D eigenvalue weighted by Gasteiger charge is 2.55. The van der Waals surface area contributed by atoms with Crippen molar-refractivity contribution in [1.29, 1.82) is 0 Å². The van der Waals surface area contributed by atoms with Gasteiger partial charge >= 0.3 is 0 Å². The van der Waals surface area contributed by atoms with E-state index in [-0.39, 0.29) is 50.9 Å². The molecule has 1 aromatic heterocycles. The first-order valence-electron chi connectivity index (χ1n) is 7.50. The van der Waals surface area contributed by atoms with Crippen LogP contribution in [-0.2, 0) is 16.0 Å². The van der Waals surface area contributed by atoms with Crippen molar-refractivity contribution in [3.63, 3.8) is 0 Å². The Morgan fingerprint density at radius 3 is 2.87 bits per heavy atom. The number of rotatable bonds is 4. The zero-order chi connectivity index (χ0) is 16.7. The van der Waals surface area contributed by atoms with Crippen molar-refractivity contribution >= 4 is 34.4 Å². The molecule has 0 unspecified atom stereocenters. The van der Waals surface area contributed by atoms with E-state index in [0.29, 0.717) is 6.42 Å². The zero-order valence-electron chi connectivity index (χ0n) is 12.5. The summed E-state index contributed by atoms with van der Waals surface area (Å²) in [7, 11) is 0. The topological polar surface area (TPSA) is 85.9 Å². The second kappa shape index (κ2) is 6.36. The van der Waals surface area contributed by atoms with Crippen molar-refractivity contribution < 1.29 is 14.0 Å². The third-order valence-electron chi connectivity index (χ3n) is 4.98. The third-order valence-corrected chi connectivity index (χ3v) is 6.34. The first-order chi connectivity index (χ1) is 10.9. The van der Waals surface area contributed by atoms with Gasteiger partial charge in [0, 0.05) is 18.1 Å². The van der Waals surface area contributed by atoms with Crippen LogP contribution in [0, 0.1) is 29.5 Å². The van der Waals surface area contributed by atoms with E-state index in [9.17, 15) is 14.0 Å². The molecule has 2 aliphatic carbocycles. The number of thioether (sulfide) groups is 1. The summed E-state index contributed by atoms with van der Waals surface area (Å²) in [5, 5.41) is 0.172. The molecule has 0 spiro atoms. The summed E-state index contributed by atoms with van der Waals surface area (Å²) in [4.78, 5) is 30.9. The molecule has 2 N–H and O–H groups in total. The van der Waals surface area contributed by atoms with Gasteiger partial charge < -0.3 is 5.73 Å². The lowest BCUT2D eigenvalue weighted by Crippen LogP contribution is -2.40. The molecular weight excluding hydrogens is 341 g/mol. The number of aromatic nitrogens is 2. The fourth-order valence-corrected chi connectivity index (χ4v) is 5.59. The second-order valence-corrected chi connectivity index (χ2v) is 8.03. The molecule has 1 amide bonds. The number of fused-ring (bicyclic) bond motifs is 2. The number of halogens is 2. The van der Waals surface area contributed by atoms with Gasteiger partial charge in [-0.15, -0.1) is 0 Å². The highest BCUT2D eigenvalue weighted by molar-refractivity contribution is 8.14. The van der Waals surface area contributed by atoms with Crippen LogP contribution in [-0.4, -0.2) is 26.2 Å². The lowest BCUT2D eigenvalue weighted by Gasteiger charge is -2.33. The molecule has 5 atom stereocenters. The van der Waals surface area contributed by atoms with Crippen LogP contribution in [0.15, 0.2) is 6.20 Å². The second-order valence-electron chi connectivity index (χ2n) is 6.27. The standard InChI is InChI=1S/C15H17ClFN3O2S/c1-6(21)23-12-3-7-2-9(12)13(14(18)22)8(7)4-11-10(17)5-19-15(16)20-11/h5,7-9,12-13H,2-4H2,1H3,(H2,18,22)/t7-,8+,9-,12-,13+/m0/s1. The highest BCUT2D eigenvalue weighted by atomic mass is 35.5. The maximum absolute atomic E-state index is 13.9. The molecule has 23 heavy (non-hydrogen) atoms. The van der Waals surface area contributed by atoms with E-state index in [1.54, 1.807) is 0 Å².